The van der Waals surface area contributed by atoms with Crippen molar-refractivity contribution in [3.63, 3.8) is 0 Å². The van der Waals surface area contributed by atoms with Crippen molar-refractivity contribution >= 4 is 22.8 Å². The lowest BCUT2D eigenvalue weighted by Crippen LogP contribution is -2.15. The van der Waals surface area contributed by atoms with E-state index < -0.39 is 5.97 Å². The van der Waals surface area contributed by atoms with E-state index in [1.165, 1.54) is 0 Å². The average molecular weight is 332 g/mol. The number of hydrogen-bond donors (Lipinski definition) is 1. The molecule has 1 heterocycles. The number of aliphatic carboxylic acids is 1. The monoisotopic (exact) mass is 332 g/mol. The van der Waals surface area contributed by atoms with E-state index in [0.717, 1.165) is 35.2 Å². The molecule has 1 N–H and O–H groups in total. The Morgan fingerprint density at radius 2 is 2.00 bits per heavy atom. The summed E-state index contributed by atoms with van der Waals surface area (Å²) in [6, 6.07) is 5.66. The summed E-state index contributed by atoms with van der Waals surface area (Å²) < 4.78 is 6.93. The molecule has 1 aromatic heterocycles. The van der Waals surface area contributed by atoms with Gasteiger partial charge in [0.2, 0.25) is 5.91 Å². The van der Waals surface area contributed by atoms with Gasteiger partial charge in [-0.2, -0.15) is 0 Å². The molecule has 0 aliphatic carbocycles. The van der Waals surface area contributed by atoms with Crippen LogP contribution in [0, 0.1) is 0 Å². The molecule has 0 saturated carbocycles. The van der Waals surface area contributed by atoms with Crippen LogP contribution in [-0.2, 0) is 11.2 Å². The molecule has 0 aliphatic heterocycles. The number of carboxylic acid groups (broad SMARTS) is 1. The molecule has 2 rings (SSSR count). The molecule has 6 heteroatoms. The van der Waals surface area contributed by atoms with Crippen LogP contribution in [-0.4, -0.2) is 54.2 Å². The van der Waals surface area contributed by atoms with Crippen molar-refractivity contribution in [1.82, 2.24) is 9.47 Å². The second-order valence-electron chi connectivity index (χ2n) is 6.10. The minimum atomic E-state index is -0.878. The first-order chi connectivity index (χ1) is 11.4. The van der Waals surface area contributed by atoms with Crippen LogP contribution in [0.15, 0.2) is 24.4 Å². The maximum atomic E-state index is 12.5. The third-order valence-electron chi connectivity index (χ3n) is 3.97. The molecule has 0 atom stereocenters. The van der Waals surface area contributed by atoms with Gasteiger partial charge in [-0.3, -0.25) is 14.2 Å². The van der Waals surface area contributed by atoms with Crippen molar-refractivity contribution in [2.75, 3.05) is 27.7 Å². The van der Waals surface area contributed by atoms with Gasteiger partial charge in [-0.25, -0.2) is 0 Å². The molecule has 0 fully saturated rings. The Hall–Kier alpha value is -2.34. The van der Waals surface area contributed by atoms with Crippen molar-refractivity contribution in [1.29, 1.82) is 0 Å². The Labute approximate surface area is 141 Å². The van der Waals surface area contributed by atoms with Gasteiger partial charge in [0.25, 0.3) is 0 Å². The van der Waals surface area contributed by atoms with Crippen molar-refractivity contribution in [3.05, 3.63) is 30.0 Å². The summed E-state index contributed by atoms with van der Waals surface area (Å²) in [6.07, 6.45) is 3.27. The number of hydrogen-bond acceptors (Lipinski definition) is 4. The highest BCUT2D eigenvalue weighted by molar-refractivity contribution is 5.95. The van der Waals surface area contributed by atoms with Gasteiger partial charge in [-0.05, 0) is 50.7 Å². The van der Waals surface area contributed by atoms with Crippen LogP contribution < -0.4 is 4.74 Å². The summed E-state index contributed by atoms with van der Waals surface area (Å²) in [5.41, 5.74) is 1.93. The van der Waals surface area contributed by atoms with Gasteiger partial charge < -0.3 is 14.7 Å². The van der Waals surface area contributed by atoms with Crippen molar-refractivity contribution < 1.29 is 19.4 Å². The average Bonchev–Trinajstić information content (AvgIpc) is 2.90. The number of carbonyl (C=O) groups is 2. The maximum absolute atomic E-state index is 12.5. The fraction of sp³-hybridized carbons (Fsp3) is 0.444. The molecular weight excluding hydrogens is 308 g/mol. The Morgan fingerprint density at radius 1 is 1.25 bits per heavy atom. The van der Waals surface area contributed by atoms with E-state index in [2.05, 4.69) is 4.90 Å². The van der Waals surface area contributed by atoms with Gasteiger partial charge in [-0.15, -0.1) is 0 Å². The number of methoxy groups -OCH3 is 1. The lowest BCUT2D eigenvalue weighted by Gasteiger charge is -2.08. The van der Waals surface area contributed by atoms with Crippen molar-refractivity contribution in [2.24, 2.45) is 0 Å². The molecule has 1 aromatic carbocycles. The van der Waals surface area contributed by atoms with Crippen LogP contribution in [0.3, 0.4) is 0 Å². The molecule has 0 amide bonds. The van der Waals surface area contributed by atoms with Crippen LogP contribution in [0.4, 0.5) is 0 Å². The first kappa shape index (κ1) is 18.0. The van der Waals surface area contributed by atoms with Gasteiger partial charge in [0.1, 0.15) is 5.75 Å². The number of rotatable bonds is 8. The molecular formula is C18H24N2O4. The fourth-order valence-electron chi connectivity index (χ4n) is 2.67. The largest absolute Gasteiger partial charge is 0.497 e. The molecule has 0 aliphatic rings. The van der Waals surface area contributed by atoms with E-state index in [1.807, 2.05) is 38.5 Å². The highest BCUT2D eigenvalue weighted by atomic mass is 16.5. The molecule has 0 radical (unpaired) electrons. The summed E-state index contributed by atoms with van der Waals surface area (Å²) in [4.78, 5) is 25.2. The standard InChI is InChI=1S/C18H24N2O4/c1-19(2)10-9-13-12-20(17(21)5-4-6-18(22)23)16-8-7-14(24-3)11-15(13)16/h7-8,11-12H,4-6,9-10H2,1-3H3,(H,22,23). The normalized spacial score (nSPS) is 11.2. The number of likely N-dealkylation sites (N-methyl/N-ethyl adjacent to an activating group) is 1. The van der Waals surface area contributed by atoms with Gasteiger partial charge in [0, 0.05) is 31.0 Å². The number of carboxylic acids is 1. The number of aromatic nitrogens is 1. The fourth-order valence-corrected chi connectivity index (χ4v) is 2.67. The van der Waals surface area contributed by atoms with E-state index >= 15 is 0 Å². The Balaban J connectivity index is 2.31. The topological polar surface area (TPSA) is 71.8 Å². The van der Waals surface area contributed by atoms with Gasteiger partial charge in [-0.1, -0.05) is 0 Å². The Bertz CT molecular complexity index is 734. The smallest absolute Gasteiger partial charge is 0.303 e. The van der Waals surface area contributed by atoms with Crippen LogP contribution in [0.2, 0.25) is 0 Å². The summed E-state index contributed by atoms with van der Waals surface area (Å²) >= 11 is 0. The summed E-state index contributed by atoms with van der Waals surface area (Å²) in [7, 11) is 5.64. The molecule has 0 bridgehead atoms. The molecule has 130 valence electrons. The second-order valence-corrected chi connectivity index (χ2v) is 6.10. The molecule has 6 nitrogen and oxygen atoms in total. The highest BCUT2D eigenvalue weighted by Crippen LogP contribution is 2.27. The third-order valence-corrected chi connectivity index (χ3v) is 3.97. The van der Waals surface area contributed by atoms with Crippen LogP contribution >= 0.6 is 0 Å². The SMILES string of the molecule is COc1ccc2c(c1)c(CCN(C)C)cn2C(=O)CCCC(=O)O. The van der Waals surface area contributed by atoms with Crippen LogP contribution in [0.25, 0.3) is 10.9 Å². The van der Waals surface area contributed by atoms with Crippen molar-refractivity contribution in [3.8, 4) is 5.75 Å². The molecule has 0 saturated heterocycles. The van der Waals surface area contributed by atoms with E-state index in [4.69, 9.17) is 9.84 Å². The minimum Gasteiger partial charge on any atom is -0.497 e. The zero-order valence-corrected chi connectivity index (χ0v) is 14.4. The van der Waals surface area contributed by atoms with E-state index in [0.29, 0.717) is 6.42 Å². The highest BCUT2D eigenvalue weighted by Gasteiger charge is 2.15. The number of benzene rings is 1. The maximum Gasteiger partial charge on any atom is 0.303 e. The van der Waals surface area contributed by atoms with Crippen LogP contribution in [0.1, 0.15) is 29.6 Å². The zero-order valence-electron chi connectivity index (χ0n) is 14.4. The van der Waals surface area contributed by atoms with Gasteiger partial charge in [0.15, 0.2) is 0 Å². The first-order valence-electron chi connectivity index (χ1n) is 8.00. The molecule has 0 unspecified atom stereocenters. The van der Waals surface area contributed by atoms with E-state index in [1.54, 1.807) is 11.7 Å². The summed E-state index contributed by atoms with van der Waals surface area (Å²) in [6.45, 7) is 0.878. The van der Waals surface area contributed by atoms with Gasteiger partial charge >= 0.3 is 5.97 Å². The third kappa shape index (κ3) is 4.35. The predicted molar refractivity (Wildman–Crippen MR) is 92.9 cm³/mol. The van der Waals surface area contributed by atoms with Crippen molar-refractivity contribution in [2.45, 2.75) is 25.7 Å². The predicted octanol–water partition coefficient (Wildman–Crippen LogP) is 2.65. The lowest BCUT2D eigenvalue weighted by atomic mass is 10.1. The number of carbonyl (C=O) groups excluding carboxylic acids is 1. The number of nitrogens with zero attached hydrogens (tertiary/aromatic N) is 2. The Morgan fingerprint density at radius 3 is 2.62 bits per heavy atom. The molecule has 24 heavy (non-hydrogen) atoms. The van der Waals surface area contributed by atoms with E-state index in [-0.39, 0.29) is 18.7 Å². The summed E-state index contributed by atoms with van der Waals surface area (Å²) in [5.74, 6) is -0.205. The minimum absolute atomic E-state index is 0.00620. The number of fused-ring (bicyclic) bond motifs is 1. The second kappa shape index (κ2) is 7.97. The van der Waals surface area contributed by atoms with E-state index in [9.17, 15) is 9.59 Å². The first-order valence-corrected chi connectivity index (χ1v) is 8.00. The molecule has 0 spiro atoms. The molecule has 2 aromatic rings. The lowest BCUT2D eigenvalue weighted by molar-refractivity contribution is -0.137. The van der Waals surface area contributed by atoms with Gasteiger partial charge in [0.05, 0.1) is 12.6 Å². The zero-order chi connectivity index (χ0) is 17.7. The number of ether oxygens (including phenoxy) is 1. The van der Waals surface area contributed by atoms with Crippen LogP contribution in [0.5, 0.6) is 5.75 Å². The summed E-state index contributed by atoms with van der Waals surface area (Å²) in [5, 5.41) is 9.72. The quantitative estimate of drug-likeness (QED) is 0.804. The Kier molecular flexibility index (Phi) is 5.98.